The van der Waals surface area contributed by atoms with E-state index in [4.69, 9.17) is 21.1 Å². The lowest BCUT2D eigenvalue weighted by molar-refractivity contribution is -0.122. The van der Waals surface area contributed by atoms with E-state index in [1.54, 1.807) is 37.3 Å². The fourth-order valence-corrected chi connectivity index (χ4v) is 3.19. The summed E-state index contributed by atoms with van der Waals surface area (Å²) in [4.78, 5) is 38.8. The molecule has 2 aromatic rings. The normalized spacial score (nSPS) is 15.4. The minimum absolute atomic E-state index is 0.180. The van der Waals surface area contributed by atoms with E-state index in [1.807, 2.05) is 13.8 Å². The third-order valence-corrected chi connectivity index (χ3v) is 4.63. The average molecular weight is 429 g/mol. The number of amides is 4. The Morgan fingerprint density at radius 2 is 1.70 bits per heavy atom. The smallest absolute Gasteiger partial charge is 0.335 e. The maximum absolute atomic E-state index is 13.1. The van der Waals surface area contributed by atoms with Gasteiger partial charge >= 0.3 is 6.03 Å². The molecule has 1 N–H and O–H groups in total. The summed E-state index contributed by atoms with van der Waals surface area (Å²) in [6.07, 6.45) is 1.41. The second-order valence-electron chi connectivity index (χ2n) is 6.46. The molecular weight excluding hydrogens is 408 g/mol. The summed E-state index contributed by atoms with van der Waals surface area (Å²) in [6.45, 7) is 6.34. The molecule has 0 unspecified atom stereocenters. The van der Waals surface area contributed by atoms with Gasteiger partial charge in [-0.25, -0.2) is 9.69 Å². The van der Waals surface area contributed by atoms with Gasteiger partial charge in [-0.15, -0.1) is 0 Å². The Morgan fingerprint density at radius 3 is 2.40 bits per heavy atom. The van der Waals surface area contributed by atoms with Gasteiger partial charge in [0.15, 0.2) is 11.5 Å². The summed E-state index contributed by atoms with van der Waals surface area (Å²) in [6, 6.07) is 9.11. The molecule has 1 aliphatic heterocycles. The molecule has 0 atom stereocenters. The van der Waals surface area contributed by atoms with Crippen LogP contribution < -0.4 is 19.7 Å². The van der Waals surface area contributed by atoms with Gasteiger partial charge in [0.25, 0.3) is 11.8 Å². The molecule has 1 fully saturated rings. The van der Waals surface area contributed by atoms with Crippen molar-refractivity contribution in [1.29, 1.82) is 0 Å². The molecule has 4 amide bonds. The number of nitrogens with one attached hydrogen (secondary N) is 1. The van der Waals surface area contributed by atoms with E-state index in [1.165, 1.54) is 12.1 Å². The highest BCUT2D eigenvalue weighted by Gasteiger charge is 2.37. The number of carbonyl (C=O) groups excluding carboxylic acids is 3. The minimum atomic E-state index is -0.825. The van der Waals surface area contributed by atoms with Gasteiger partial charge in [-0.3, -0.25) is 14.9 Å². The number of nitrogens with zero attached hydrogens (tertiary/aromatic N) is 1. The maximum Gasteiger partial charge on any atom is 0.335 e. The van der Waals surface area contributed by atoms with Crippen molar-refractivity contribution >= 4 is 41.2 Å². The van der Waals surface area contributed by atoms with E-state index in [-0.39, 0.29) is 5.57 Å². The van der Waals surface area contributed by atoms with E-state index in [9.17, 15) is 14.4 Å². The van der Waals surface area contributed by atoms with E-state index in [0.717, 1.165) is 4.90 Å². The number of rotatable bonds is 6. The van der Waals surface area contributed by atoms with Crippen LogP contribution in [0.15, 0.2) is 42.0 Å². The summed E-state index contributed by atoms with van der Waals surface area (Å²) < 4.78 is 11.1. The number of benzene rings is 2. The first-order valence-electron chi connectivity index (χ1n) is 9.43. The lowest BCUT2D eigenvalue weighted by Crippen LogP contribution is -2.54. The van der Waals surface area contributed by atoms with Gasteiger partial charge in [-0.05, 0) is 62.2 Å². The SMILES string of the molecule is CCOc1ccc(/C=C2\C(=O)NC(=O)N(c3cc(Cl)ccc3C)C2=O)cc1OCC. The third kappa shape index (κ3) is 4.31. The average Bonchev–Trinajstić information content (AvgIpc) is 2.70. The minimum Gasteiger partial charge on any atom is -0.490 e. The molecule has 0 saturated carbocycles. The quantitative estimate of drug-likeness (QED) is 0.552. The number of urea groups is 1. The Bertz CT molecular complexity index is 1050. The van der Waals surface area contributed by atoms with Crippen molar-refractivity contribution < 1.29 is 23.9 Å². The number of anilines is 1. The first kappa shape index (κ1) is 21.4. The first-order valence-corrected chi connectivity index (χ1v) is 9.80. The van der Waals surface area contributed by atoms with E-state index in [0.29, 0.717) is 46.5 Å². The van der Waals surface area contributed by atoms with Crippen LogP contribution in [-0.4, -0.2) is 31.1 Å². The summed E-state index contributed by atoms with van der Waals surface area (Å²) >= 11 is 6.04. The molecule has 2 aromatic carbocycles. The molecule has 0 aliphatic carbocycles. The lowest BCUT2D eigenvalue weighted by Gasteiger charge is -2.27. The predicted octanol–water partition coefficient (Wildman–Crippen LogP) is 4.11. The molecule has 156 valence electrons. The molecule has 0 aromatic heterocycles. The monoisotopic (exact) mass is 428 g/mol. The molecular formula is C22H21ClN2O5. The van der Waals surface area contributed by atoms with Gasteiger partial charge in [0.1, 0.15) is 5.57 Å². The molecule has 3 rings (SSSR count). The second kappa shape index (κ2) is 9.00. The molecule has 0 bridgehead atoms. The Labute approximate surface area is 179 Å². The Morgan fingerprint density at radius 1 is 1.00 bits per heavy atom. The van der Waals surface area contributed by atoms with Crippen molar-refractivity contribution in [2.75, 3.05) is 18.1 Å². The van der Waals surface area contributed by atoms with Crippen molar-refractivity contribution in [2.45, 2.75) is 20.8 Å². The van der Waals surface area contributed by atoms with Crippen molar-refractivity contribution in [3.63, 3.8) is 0 Å². The zero-order valence-electron chi connectivity index (χ0n) is 16.8. The van der Waals surface area contributed by atoms with Crippen LogP contribution in [-0.2, 0) is 9.59 Å². The zero-order valence-corrected chi connectivity index (χ0v) is 17.6. The van der Waals surface area contributed by atoms with Gasteiger partial charge in [-0.2, -0.15) is 0 Å². The third-order valence-electron chi connectivity index (χ3n) is 4.39. The number of imide groups is 2. The highest BCUT2D eigenvalue weighted by Crippen LogP contribution is 2.31. The number of barbiturate groups is 1. The van der Waals surface area contributed by atoms with Gasteiger partial charge < -0.3 is 9.47 Å². The molecule has 1 aliphatic rings. The molecule has 1 heterocycles. The largest absolute Gasteiger partial charge is 0.490 e. The standard InChI is InChI=1S/C22H21ClN2O5/c1-4-29-18-9-7-14(11-19(18)30-5-2)10-16-20(26)24-22(28)25(21(16)27)17-12-15(23)8-6-13(17)3/h6-12H,4-5H2,1-3H3,(H,24,26,28)/b16-10+. The number of carbonyl (C=O) groups is 3. The van der Waals surface area contributed by atoms with E-state index < -0.39 is 17.8 Å². The summed E-state index contributed by atoms with van der Waals surface area (Å²) in [7, 11) is 0. The first-order chi connectivity index (χ1) is 14.3. The number of hydrogen-bond acceptors (Lipinski definition) is 5. The molecule has 30 heavy (non-hydrogen) atoms. The lowest BCUT2D eigenvalue weighted by atomic mass is 10.1. The van der Waals surface area contributed by atoms with Crippen molar-refractivity contribution in [1.82, 2.24) is 5.32 Å². The van der Waals surface area contributed by atoms with Crippen LogP contribution in [0.4, 0.5) is 10.5 Å². The van der Waals surface area contributed by atoms with Crippen LogP contribution >= 0.6 is 11.6 Å². The highest BCUT2D eigenvalue weighted by molar-refractivity contribution is 6.39. The van der Waals surface area contributed by atoms with Crippen LogP contribution in [0.25, 0.3) is 6.08 Å². The Hall–Kier alpha value is -3.32. The molecule has 0 radical (unpaired) electrons. The Kier molecular flexibility index (Phi) is 6.42. The predicted molar refractivity (Wildman–Crippen MR) is 114 cm³/mol. The number of hydrogen-bond donors (Lipinski definition) is 1. The van der Waals surface area contributed by atoms with E-state index >= 15 is 0 Å². The molecule has 0 spiro atoms. The fraction of sp³-hybridized carbons (Fsp3) is 0.227. The molecule has 8 heteroatoms. The van der Waals surface area contributed by atoms with Crippen molar-refractivity contribution in [2.24, 2.45) is 0 Å². The molecule has 7 nitrogen and oxygen atoms in total. The van der Waals surface area contributed by atoms with Crippen LogP contribution in [0.3, 0.4) is 0 Å². The van der Waals surface area contributed by atoms with Crippen molar-refractivity contribution in [3.8, 4) is 11.5 Å². The van der Waals surface area contributed by atoms with Crippen LogP contribution in [0, 0.1) is 6.92 Å². The summed E-state index contributed by atoms with van der Waals surface area (Å²) in [5, 5.41) is 2.57. The van der Waals surface area contributed by atoms with Crippen molar-refractivity contribution in [3.05, 3.63) is 58.1 Å². The number of ether oxygens (including phenoxy) is 2. The van der Waals surface area contributed by atoms with Crippen LogP contribution in [0.2, 0.25) is 5.02 Å². The zero-order chi connectivity index (χ0) is 21.8. The summed E-state index contributed by atoms with van der Waals surface area (Å²) in [5.74, 6) is -0.447. The topological polar surface area (TPSA) is 84.9 Å². The second-order valence-corrected chi connectivity index (χ2v) is 6.90. The maximum atomic E-state index is 13.1. The summed E-state index contributed by atoms with van der Waals surface area (Å²) in [5.41, 5.74) is 1.35. The number of aryl methyl sites for hydroxylation is 1. The van der Waals surface area contributed by atoms with Gasteiger partial charge in [0.2, 0.25) is 0 Å². The molecule has 1 saturated heterocycles. The van der Waals surface area contributed by atoms with Gasteiger partial charge in [-0.1, -0.05) is 23.7 Å². The van der Waals surface area contributed by atoms with E-state index in [2.05, 4.69) is 5.32 Å². The van der Waals surface area contributed by atoms with Gasteiger partial charge in [0.05, 0.1) is 18.9 Å². The highest BCUT2D eigenvalue weighted by atomic mass is 35.5. The number of halogens is 1. The van der Waals surface area contributed by atoms with Crippen LogP contribution in [0.5, 0.6) is 11.5 Å². The fourth-order valence-electron chi connectivity index (χ4n) is 3.02. The Balaban J connectivity index is 2.02. The van der Waals surface area contributed by atoms with Gasteiger partial charge in [0, 0.05) is 5.02 Å². The van der Waals surface area contributed by atoms with Crippen LogP contribution in [0.1, 0.15) is 25.0 Å².